The van der Waals surface area contributed by atoms with Gasteiger partial charge in [0.15, 0.2) is 0 Å². The monoisotopic (exact) mass is 402 g/mol. The fraction of sp³-hybridized carbons (Fsp3) is 0.300. The Morgan fingerprint density at radius 3 is 2.50 bits per heavy atom. The number of aromatic nitrogens is 2. The third-order valence-electron chi connectivity index (χ3n) is 5.00. The topological polar surface area (TPSA) is 61.1 Å². The summed E-state index contributed by atoms with van der Waals surface area (Å²) < 4.78 is 16.0. The summed E-state index contributed by atoms with van der Waals surface area (Å²) in [5, 5.41) is 9.76. The van der Waals surface area contributed by atoms with Gasteiger partial charge in [-0.05, 0) is 30.3 Å². The van der Waals surface area contributed by atoms with E-state index in [0.717, 1.165) is 44.1 Å². The predicted molar refractivity (Wildman–Crippen MR) is 104 cm³/mol. The molecule has 0 amide bonds. The molecule has 0 aliphatic carbocycles. The Kier molecular flexibility index (Phi) is 5.30. The van der Waals surface area contributed by atoms with Gasteiger partial charge >= 0.3 is 5.97 Å². The molecule has 0 unspecified atom stereocenters. The van der Waals surface area contributed by atoms with E-state index in [2.05, 4.69) is 14.8 Å². The second kappa shape index (κ2) is 7.87. The van der Waals surface area contributed by atoms with Crippen LogP contribution in [0.4, 0.5) is 4.39 Å². The van der Waals surface area contributed by atoms with Gasteiger partial charge in [-0.25, -0.2) is 14.2 Å². The zero-order valence-corrected chi connectivity index (χ0v) is 15.9. The van der Waals surface area contributed by atoms with Gasteiger partial charge in [-0.1, -0.05) is 11.6 Å². The number of benzene rings is 1. The third kappa shape index (κ3) is 4.16. The number of fused-ring (bicyclic) bond motifs is 1. The molecule has 0 bridgehead atoms. The number of hydrogen-bond donors (Lipinski definition) is 1. The molecule has 6 nitrogen and oxygen atoms in total. The van der Waals surface area contributed by atoms with Gasteiger partial charge < -0.3 is 9.51 Å². The summed E-state index contributed by atoms with van der Waals surface area (Å²) in [5.74, 6) is -1.41. The van der Waals surface area contributed by atoms with E-state index in [1.165, 1.54) is 18.2 Å². The van der Waals surface area contributed by atoms with Gasteiger partial charge in [-0.15, -0.1) is 0 Å². The standard InChI is InChI=1S/C20H20ClFN4O2/c21-16-2-4-19-23-17(13-26(19)11-16)12-25-7-5-24(6-8-25)10-15-9-14(20(27)28)1-3-18(15)22/h1-4,9,11,13H,5-8,10,12H2,(H,27,28). The van der Waals surface area contributed by atoms with Crippen molar-refractivity contribution in [1.29, 1.82) is 0 Å². The third-order valence-corrected chi connectivity index (χ3v) is 5.23. The van der Waals surface area contributed by atoms with Crippen LogP contribution in [0.3, 0.4) is 0 Å². The zero-order valence-electron chi connectivity index (χ0n) is 15.2. The predicted octanol–water partition coefficient (Wildman–Crippen LogP) is 3.14. The molecule has 1 saturated heterocycles. The highest BCUT2D eigenvalue weighted by atomic mass is 35.5. The number of imidazole rings is 1. The van der Waals surface area contributed by atoms with Crippen LogP contribution in [0.15, 0.2) is 42.7 Å². The molecule has 1 aliphatic heterocycles. The highest BCUT2D eigenvalue weighted by molar-refractivity contribution is 6.30. The van der Waals surface area contributed by atoms with Crippen LogP contribution in [0.5, 0.6) is 0 Å². The number of hydrogen-bond acceptors (Lipinski definition) is 4. The van der Waals surface area contributed by atoms with E-state index in [9.17, 15) is 9.18 Å². The number of carboxylic acids is 1. The Hall–Kier alpha value is -2.48. The summed E-state index contributed by atoms with van der Waals surface area (Å²) in [7, 11) is 0. The zero-order chi connectivity index (χ0) is 19.7. The SMILES string of the molecule is O=C(O)c1ccc(F)c(CN2CCN(Cc3cn4cc(Cl)ccc4n3)CC2)c1. The van der Waals surface area contributed by atoms with Gasteiger partial charge in [-0.3, -0.25) is 9.80 Å². The number of piperazine rings is 1. The van der Waals surface area contributed by atoms with Gasteiger partial charge in [0.05, 0.1) is 16.3 Å². The van der Waals surface area contributed by atoms with Crippen molar-refractivity contribution in [3.05, 3.63) is 70.4 Å². The quantitative estimate of drug-likeness (QED) is 0.710. The van der Waals surface area contributed by atoms with Gasteiger partial charge in [0, 0.05) is 57.2 Å². The molecule has 0 atom stereocenters. The summed E-state index contributed by atoms with van der Waals surface area (Å²) in [6.45, 7) is 4.42. The molecular formula is C20H20ClFN4O2. The highest BCUT2D eigenvalue weighted by Crippen LogP contribution is 2.17. The lowest BCUT2D eigenvalue weighted by molar-refractivity contribution is 0.0696. The molecule has 0 radical (unpaired) electrons. The van der Waals surface area contributed by atoms with Gasteiger partial charge in [0.25, 0.3) is 0 Å². The van der Waals surface area contributed by atoms with Crippen molar-refractivity contribution in [1.82, 2.24) is 19.2 Å². The molecule has 8 heteroatoms. The number of carbonyl (C=O) groups is 1. The maximum absolute atomic E-state index is 14.0. The van der Waals surface area contributed by atoms with Crippen LogP contribution < -0.4 is 0 Å². The van der Waals surface area contributed by atoms with E-state index < -0.39 is 5.97 Å². The molecule has 1 fully saturated rings. The van der Waals surface area contributed by atoms with Gasteiger partial charge in [-0.2, -0.15) is 0 Å². The van der Waals surface area contributed by atoms with Crippen molar-refractivity contribution in [2.45, 2.75) is 13.1 Å². The van der Waals surface area contributed by atoms with Crippen molar-refractivity contribution >= 4 is 23.2 Å². The number of halogens is 2. The van der Waals surface area contributed by atoms with Crippen LogP contribution in [-0.2, 0) is 13.1 Å². The molecular weight excluding hydrogens is 383 g/mol. The van der Waals surface area contributed by atoms with E-state index in [-0.39, 0.29) is 11.4 Å². The van der Waals surface area contributed by atoms with E-state index in [1.54, 1.807) is 0 Å². The first kappa shape index (κ1) is 18.9. The van der Waals surface area contributed by atoms with Crippen LogP contribution >= 0.6 is 11.6 Å². The number of rotatable bonds is 5. The first-order valence-electron chi connectivity index (χ1n) is 9.07. The van der Waals surface area contributed by atoms with Crippen LogP contribution in [0, 0.1) is 5.82 Å². The molecule has 2 aromatic heterocycles. The molecule has 146 valence electrons. The normalized spacial score (nSPS) is 15.9. The molecule has 0 spiro atoms. The Morgan fingerprint density at radius 1 is 1.07 bits per heavy atom. The molecule has 1 aromatic carbocycles. The molecule has 1 aliphatic rings. The smallest absolute Gasteiger partial charge is 0.335 e. The van der Waals surface area contributed by atoms with Crippen molar-refractivity contribution in [2.75, 3.05) is 26.2 Å². The molecule has 28 heavy (non-hydrogen) atoms. The fourth-order valence-electron chi connectivity index (χ4n) is 3.50. The van der Waals surface area contributed by atoms with Crippen molar-refractivity contribution < 1.29 is 14.3 Å². The summed E-state index contributed by atoms with van der Waals surface area (Å²) in [6, 6.07) is 7.66. The molecule has 4 rings (SSSR count). The van der Waals surface area contributed by atoms with E-state index in [4.69, 9.17) is 16.7 Å². The van der Waals surface area contributed by atoms with Crippen LogP contribution in [0.2, 0.25) is 5.02 Å². The maximum atomic E-state index is 14.0. The second-order valence-corrected chi connectivity index (χ2v) is 7.45. The van der Waals surface area contributed by atoms with Crippen molar-refractivity contribution in [3.8, 4) is 0 Å². The summed E-state index contributed by atoms with van der Waals surface area (Å²) >= 11 is 6.02. The van der Waals surface area contributed by atoms with Crippen LogP contribution in [0.1, 0.15) is 21.6 Å². The minimum absolute atomic E-state index is 0.113. The minimum Gasteiger partial charge on any atom is -0.478 e. The van der Waals surface area contributed by atoms with E-state index >= 15 is 0 Å². The number of carboxylic acid groups (broad SMARTS) is 1. The van der Waals surface area contributed by atoms with Gasteiger partial charge in [0.2, 0.25) is 0 Å². The van der Waals surface area contributed by atoms with Gasteiger partial charge in [0.1, 0.15) is 11.5 Å². The van der Waals surface area contributed by atoms with E-state index in [0.29, 0.717) is 17.1 Å². The Bertz CT molecular complexity index is 1010. The van der Waals surface area contributed by atoms with E-state index in [1.807, 2.05) is 28.9 Å². The Morgan fingerprint density at radius 2 is 1.79 bits per heavy atom. The lowest BCUT2D eigenvalue weighted by Gasteiger charge is -2.34. The molecule has 3 aromatic rings. The fourth-order valence-corrected chi connectivity index (χ4v) is 3.67. The van der Waals surface area contributed by atoms with Crippen molar-refractivity contribution in [2.24, 2.45) is 0 Å². The minimum atomic E-state index is -1.04. The number of nitrogens with zero attached hydrogens (tertiary/aromatic N) is 4. The first-order chi connectivity index (χ1) is 13.5. The second-order valence-electron chi connectivity index (χ2n) is 7.01. The molecule has 3 heterocycles. The van der Waals surface area contributed by atoms with Crippen LogP contribution in [0.25, 0.3) is 5.65 Å². The maximum Gasteiger partial charge on any atom is 0.335 e. The first-order valence-corrected chi connectivity index (χ1v) is 9.45. The molecule has 1 N–H and O–H groups in total. The Labute approximate surface area is 166 Å². The summed E-state index contributed by atoms with van der Waals surface area (Å²) in [4.78, 5) is 20.2. The molecule has 0 saturated carbocycles. The lowest BCUT2D eigenvalue weighted by atomic mass is 10.1. The van der Waals surface area contributed by atoms with Crippen LogP contribution in [-0.4, -0.2) is 56.4 Å². The number of pyridine rings is 1. The average Bonchev–Trinajstić information content (AvgIpc) is 3.06. The van der Waals surface area contributed by atoms with Crippen molar-refractivity contribution in [3.63, 3.8) is 0 Å². The average molecular weight is 403 g/mol. The largest absolute Gasteiger partial charge is 0.478 e. The Balaban J connectivity index is 1.35. The number of aromatic carboxylic acids is 1. The highest BCUT2D eigenvalue weighted by Gasteiger charge is 2.19. The summed E-state index contributed by atoms with van der Waals surface area (Å²) in [6.07, 6.45) is 3.82. The lowest BCUT2D eigenvalue weighted by Crippen LogP contribution is -2.45. The summed E-state index contributed by atoms with van der Waals surface area (Å²) in [5.41, 5.74) is 2.38.